The Hall–Kier alpha value is -0.0100. The first kappa shape index (κ1) is 33.2. The molecule has 0 aromatic heterocycles. The second kappa shape index (κ2) is 18.4. The van der Waals surface area contributed by atoms with E-state index in [4.69, 9.17) is 18.5 Å². The number of hydrogen-bond donors (Lipinski definition) is 0. The van der Waals surface area contributed by atoms with Crippen molar-refractivity contribution < 1.29 is 32.5 Å². The van der Waals surface area contributed by atoms with Crippen LogP contribution in [0.4, 0.5) is 0 Å². The lowest BCUT2D eigenvalue weighted by molar-refractivity contribution is -0.870. The topological polar surface area (TPSA) is 77.1 Å². The van der Waals surface area contributed by atoms with Crippen LogP contribution < -0.4 is 4.89 Å². The number of hydrogen-bond acceptors (Lipinski definition) is 6. The van der Waals surface area contributed by atoms with E-state index in [1.165, 1.54) is 83.5 Å². The maximum atomic E-state index is 12.2. The van der Waals surface area contributed by atoms with Crippen molar-refractivity contribution in [3.05, 3.63) is 0 Å². The van der Waals surface area contributed by atoms with Gasteiger partial charge in [-0.2, -0.15) is 0 Å². The molecule has 5 atom stereocenters. The van der Waals surface area contributed by atoms with Crippen molar-refractivity contribution in [1.29, 1.82) is 0 Å². The Balaban J connectivity index is 1.48. The smallest absolute Gasteiger partial charge is 0.268 e. The van der Waals surface area contributed by atoms with Crippen LogP contribution in [0.2, 0.25) is 0 Å². The Morgan fingerprint density at radius 1 is 0.730 bits per heavy atom. The molecule has 2 heterocycles. The van der Waals surface area contributed by atoms with Crippen LogP contribution in [0.15, 0.2) is 0 Å². The molecule has 0 aliphatic carbocycles. The molecule has 220 valence electrons. The molecule has 0 amide bonds. The van der Waals surface area contributed by atoms with Gasteiger partial charge in [-0.05, 0) is 19.3 Å². The molecule has 2 fully saturated rings. The fourth-order valence-electron chi connectivity index (χ4n) is 5.59. The van der Waals surface area contributed by atoms with Crippen molar-refractivity contribution in [3.8, 4) is 0 Å². The molecule has 8 heteroatoms. The number of phosphoric ester groups is 1. The van der Waals surface area contributed by atoms with E-state index >= 15 is 0 Å². The first-order chi connectivity index (χ1) is 17.7. The van der Waals surface area contributed by atoms with E-state index in [2.05, 4.69) is 6.92 Å². The third-order valence-corrected chi connectivity index (χ3v) is 8.94. The van der Waals surface area contributed by atoms with Crippen molar-refractivity contribution in [2.24, 2.45) is 11.8 Å². The van der Waals surface area contributed by atoms with Gasteiger partial charge in [-0.25, -0.2) is 0 Å². The number of fused-ring (bicyclic) bond motifs is 2. The zero-order chi connectivity index (χ0) is 27.0. The van der Waals surface area contributed by atoms with Gasteiger partial charge in [-0.1, -0.05) is 90.4 Å². The predicted molar refractivity (Wildman–Crippen MR) is 148 cm³/mol. The summed E-state index contributed by atoms with van der Waals surface area (Å²) in [6, 6.07) is 0. The number of rotatable bonds is 24. The van der Waals surface area contributed by atoms with Crippen LogP contribution in [-0.2, 0) is 23.1 Å². The first-order valence-corrected chi connectivity index (χ1v) is 16.8. The van der Waals surface area contributed by atoms with E-state index < -0.39 is 7.82 Å². The Morgan fingerprint density at radius 3 is 1.73 bits per heavy atom. The average Bonchev–Trinajstić information content (AvgIpc) is 3.43. The third kappa shape index (κ3) is 14.8. The van der Waals surface area contributed by atoms with Crippen molar-refractivity contribution in [3.63, 3.8) is 0 Å². The predicted octanol–water partition coefficient (Wildman–Crippen LogP) is 6.49. The third-order valence-electron chi connectivity index (χ3n) is 7.98. The summed E-state index contributed by atoms with van der Waals surface area (Å²) in [7, 11) is 1.69. The SMILES string of the molecule is CCCCCCCCCCCCCCCCOC[C@H]1[C@@H](COP(=O)([O-])OCC[N+](C)(C)C)[C@H]2CC[C@@H]1O2. The zero-order valence-electron chi connectivity index (χ0n) is 24.5. The minimum Gasteiger partial charge on any atom is -0.756 e. The lowest BCUT2D eigenvalue weighted by atomic mass is 9.80. The summed E-state index contributed by atoms with van der Waals surface area (Å²) in [5.74, 6) is 0.260. The number of likely N-dealkylation sites (N-methyl/N-ethyl adjacent to an activating group) is 1. The van der Waals surface area contributed by atoms with Crippen molar-refractivity contribution in [2.75, 3.05) is 54.1 Å². The van der Waals surface area contributed by atoms with E-state index in [9.17, 15) is 9.46 Å². The molecule has 2 aliphatic rings. The number of phosphoric acid groups is 1. The highest BCUT2D eigenvalue weighted by molar-refractivity contribution is 7.45. The van der Waals surface area contributed by atoms with Gasteiger partial charge in [0.1, 0.15) is 13.2 Å². The number of nitrogens with zero attached hydrogens (tertiary/aromatic N) is 1. The van der Waals surface area contributed by atoms with Crippen LogP contribution >= 0.6 is 7.82 Å². The van der Waals surface area contributed by atoms with E-state index in [-0.39, 0.29) is 37.3 Å². The summed E-state index contributed by atoms with van der Waals surface area (Å²) in [4.78, 5) is 12.2. The molecular formula is C29H58NO6P. The summed E-state index contributed by atoms with van der Waals surface area (Å²) in [5.41, 5.74) is 0. The van der Waals surface area contributed by atoms with Gasteiger partial charge < -0.3 is 27.9 Å². The fraction of sp³-hybridized carbons (Fsp3) is 1.00. The molecule has 0 N–H and O–H groups in total. The minimum absolute atomic E-state index is 0.0550. The van der Waals surface area contributed by atoms with E-state index in [0.717, 1.165) is 25.9 Å². The fourth-order valence-corrected chi connectivity index (χ4v) is 6.33. The second-order valence-electron chi connectivity index (χ2n) is 12.4. The van der Waals surface area contributed by atoms with Crippen LogP contribution in [0.3, 0.4) is 0 Å². The van der Waals surface area contributed by atoms with Gasteiger partial charge in [-0.3, -0.25) is 4.57 Å². The normalized spacial score (nSPS) is 25.1. The largest absolute Gasteiger partial charge is 0.756 e. The van der Waals surface area contributed by atoms with Gasteiger partial charge in [0.25, 0.3) is 7.82 Å². The first-order valence-electron chi connectivity index (χ1n) is 15.4. The van der Waals surface area contributed by atoms with Gasteiger partial charge in [0.15, 0.2) is 0 Å². The average molecular weight is 548 g/mol. The van der Waals surface area contributed by atoms with E-state index in [1.807, 2.05) is 21.1 Å². The maximum Gasteiger partial charge on any atom is 0.268 e. The Morgan fingerprint density at radius 2 is 1.22 bits per heavy atom. The standard InChI is InChI=1S/C29H58NO6P/c1-5-6-7-8-9-10-11-12-13-14-15-16-17-18-22-33-24-26-27(29-20-19-28(26)36-29)25-35-37(31,32)34-23-21-30(2,3)4/h26-29H,5-25H2,1-4H3/t26-,27+,28-,29+/m0/s1. The molecule has 1 unspecified atom stereocenters. The lowest BCUT2D eigenvalue weighted by Gasteiger charge is -2.31. The molecule has 2 saturated heterocycles. The highest BCUT2D eigenvalue weighted by Crippen LogP contribution is 2.47. The van der Waals surface area contributed by atoms with Gasteiger partial charge in [-0.15, -0.1) is 0 Å². The number of unbranched alkanes of at least 4 members (excludes halogenated alkanes) is 13. The Bertz CT molecular complexity index is 628. The van der Waals surface area contributed by atoms with Gasteiger partial charge in [0, 0.05) is 18.4 Å². The second-order valence-corrected chi connectivity index (χ2v) is 13.8. The molecule has 0 aromatic carbocycles. The molecule has 2 rings (SSSR count). The molecule has 7 nitrogen and oxygen atoms in total. The van der Waals surface area contributed by atoms with Crippen LogP contribution in [0.25, 0.3) is 0 Å². The molecule has 0 saturated carbocycles. The molecule has 37 heavy (non-hydrogen) atoms. The van der Waals surface area contributed by atoms with Gasteiger partial charge in [0.2, 0.25) is 0 Å². The summed E-state index contributed by atoms with van der Waals surface area (Å²) in [6.45, 7) is 4.52. The van der Waals surface area contributed by atoms with E-state index in [1.54, 1.807) is 0 Å². The lowest BCUT2D eigenvalue weighted by Crippen LogP contribution is -2.38. The summed E-state index contributed by atoms with van der Waals surface area (Å²) in [6.07, 6.45) is 21.2. The number of quaternary nitrogens is 1. The number of ether oxygens (including phenoxy) is 2. The minimum atomic E-state index is -4.30. The van der Waals surface area contributed by atoms with E-state index in [0.29, 0.717) is 17.6 Å². The molecule has 2 bridgehead atoms. The van der Waals surface area contributed by atoms with Crippen LogP contribution in [-0.4, -0.2) is 70.8 Å². The van der Waals surface area contributed by atoms with Gasteiger partial charge >= 0.3 is 0 Å². The summed E-state index contributed by atoms with van der Waals surface area (Å²) < 4.78 is 35.3. The zero-order valence-corrected chi connectivity index (χ0v) is 25.4. The molecular weight excluding hydrogens is 489 g/mol. The van der Waals surface area contributed by atoms with Crippen molar-refractivity contribution in [1.82, 2.24) is 0 Å². The highest BCUT2D eigenvalue weighted by Gasteiger charge is 2.49. The molecule has 2 aliphatic heterocycles. The molecule has 0 radical (unpaired) electrons. The van der Waals surface area contributed by atoms with Crippen molar-refractivity contribution >= 4 is 7.82 Å². The Labute approximate surface area is 228 Å². The highest BCUT2D eigenvalue weighted by atomic mass is 31.2. The monoisotopic (exact) mass is 547 g/mol. The quantitative estimate of drug-likeness (QED) is 0.0781. The maximum absolute atomic E-state index is 12.2. The van der Waals surface area contributed by atoms with Crippen LogP contribution in [0, 0.1) is 11.8 Å². The summed E-state index contributed by atoms with van der Waals surface area (Å²) in [5, 5.41) is 0. The molecule has 0 spiro atoms. The van der Waals surface area contributed by atoms with Gasteiger partial charge in [0.05, 0.1) is 46.6 Å². The Kier molecular flexibility index (Phi) is 16.5. The van der Waals surface area contributed by atoms with Crippen LogP contribution in [0.1, 0.15) is 110 Å². The molecule has 0 aromatic rings. The van der Waals surface area contributed by atoms with Crippen molar-refractivity contribution in [2.45, 2.75) is 122 Å². The van der Waals surface area contributed by atoms with Crippen LogP contribution in [0.5, 0.6) is 0 Å². The summed E-state index contributed by atoms with van der Waals surface area (Å²) >= 11 is 0.